The molecule has 3 aromatic rings. The van der Waals surface area contributed by atoms with E-state index in [-0.39, 0.29) is 17.2 Å². The number of nitrogens with zero attached hydrogens (tertiary/aromatic N) is 4. The predicted octanol–water partition coefficient (Wildman–Crippen LogP) is 3.18. The molecule has 0 spiro atoms. The van der Waals surface area contributed by atoms with Crippen LogP contribution >= 0.6 is 15.9 Å². The lowest BCUT2D eigenvalue weighted by Crippen LogP contribution is -2.31. The summed E-state index contributed by atoms with van der Waals surface area (Å²) in [5.41, 5.74) is 3.75. The molecule has 0 saturated carbocycles. The minimum absolute atomic E-state index is 0.141. The number of hydrazine groups is 1. The molecule has 0 bridgehead atoms. The van der Waals surface area contributed by atoms with Crippen LogP contribution in [-0.4, -0.2) is 25.8 Å². The van der Waals surface area contributed by atoms with E-state index in [1.807, 2.05) is 0 Å². The van der Waals surface area contributed by atoms with E-state index >= 15 is 0 Å². The second-order valence-electron chi connectivity index (χ2n) is 5.22. The molecule has 0 aliphatic rings. The van der Waals surface area contributed by atoms with E-state index in [0.717, 1.165) is 16.9 Å². The highest BCUT2D eigenvalue weighted by atomic mass is 79.9. The molecule has 0 unspecified atom stereocenters. The lowest BCUT2D eigenvalue weighted by Gasteiger charge is -2.11. The number of nitro groups is 1. The zero-order valence-corrected chi connectivity index (χ0v) is 15.5. The molecule has 0 aliphatic heterocycles. The first kappa shape index (κ1) is 19.1. The number of anilines is 3. The second kappa shape index (κ2) is 8.35. The largest absolute Gasteiger partial charge is 0.355 e. The fourth-order valence-electron chi connectivity index (χ4n) is 2.13. The van der Waals surface area contributed by atoms with Crippen molar-refractivity contribution in [3.8, 4) is 0 Å². The molecule has 3 rings (SSSR count). The van der Waals surface area contributed by atoms with Crippen molar-refractivity contribution in [2.45, 2.75) is 0 Å². The smallest absolute Gasteiger partial charge is 0.319 e. The van der Waals surface area contributed by atoms with Crippen molar-refractivity contribution in [2.24, 2.45) is 0 Å². The predicted molar refractivity (Wildman–Crippen MR) is 101 cm³/mol. The number of halogens is 2. The number of hydrogen-bond donors (Lipinski definition) is 3. The van der Waals surface area contributed by atoms with Crippen molar-refractivity contribution in [3.63, 3.8) is 0 Å². The van der Waals surface area contributed by atoms with Crippen LogP contribution in [0.5, 0.6) is 0 Å². The number of amides is 1. The highest BCUT2D eigenvalue weighted by Gasteiger charge is 2.24. The first-order valence-electron chi connectivity index (χ1n) is 7.64. The average Bonchev–Trinajstić information content (AvgIpc) is 2.68. The Morgan fingerprint density at radius 3 is 2.54 bits per heavy atom. The normalized spacial score (nSPS) is 10.2. The summed E-state index contributed by atoms with van der Waals surface area (Å²) in [4.78, 5) is 34.5. The van der Waals surface area contributed by atoms with Gasteiger partial charge in [0.25, 0.3) is 5.91 Å². The van der Waals surface area contributed by atoms with Gasteiger partial charge in [0.05, 0.1) is 10.5 Å². The summed E-state index contributed by atoms with van der Waals surface area (Å²) < 4.78 is 14.4. The molecule has 1 amide bonds. The van der Waals surface area contributed by atoms with Gasteiger partial charge in [-0.2, -0.15) is 0 Å². The zero-order chi connectivity index (χ0) is 20.1. The molecule has 10 nitrogen and oxygen atoms in total. The van der Waals surface area contributed by atoms with Crippen LogP contribution in [0, 0.1) is 15.9 Å². The monoisotopic (exact) mass is 447 g/mol. The van der Waals surface area contributed by atoms with Gasteiger partial charge in [0, 0.05) is 10.7 Å². The lowest BCUT2D eigenvalue weighted by atomic mass is 10.2. The van der Waals surface area contributed by atoms with Crippen LogP contribution in [0.2, 0.25) is 0 Å². The van der Waals surface area contributed by atoms with Gasteiger partial charge in [-0.05, 0) is 40.2 Å². The number of carbonyl (C=O) groups excluding carboxylic acids is 1. The molecular weight excluding hydrogens is 437 g/mol. The van der Waals surface area contributed by atoms with Crippen molar-refractivity contribution in [3.05, 3.63) is 74.9 Å². The van der Waals surface area contributed by atoms with Gasteiger partial charge in [-0.1, -0.05) is 12.1 Å². The van der Waals surface area contributed by atoms with Crippen molar-refractivity contribution in [1.82, 2.24) is 20.4 Å². The van der Waals surface area contributed by atoms with Crippen molar-refractivity contribution in [1.29, 1.82) is 0 Å². The van der Waals surface area contributed by atoms with Crippen molar-refractivity contribution >= 4 is 45.0 Å². The highest BCUT2D eigenvalue weighted by Crippen LogP contribution is 2.30. The maximum absolute atomic E-state index is 13.7. The van der Waals surface area contributed by atoms with Crippen molar-refractivity contribution < 1.29 is 14.1 Å². The van der Waals surface area contributed by atoms with E-state index in [9.17, 15) is 19.3 Å². The number of pyridine rings is 1. The molecule has 12 heteroatoms. The second-order valence-corrected chi connectivity index (χ2v) is 6.14. The third-order valence-electron chi connectivity index (χ3n) is 3.39. The summed E-state index contributed by atoms with van der Waals surface area (Å²) in [5, 5.41) is 14.2. The van der Waals surface area contributed by atoms with E-state index in [2.05, 4.69) is 47.1 Å². The van der Waals surface area contributed by atoms with E-state index in [0.29, 0.717) is 5.82 Å². The van der Waals surface area contributed by atoms with Crippen molar-refractivity contribution in [2.75, 3.05) is 10.7 Å². The van der Waals surface area contributed by atoms with E-state index in [1.165, 1.54) is 24.4 Å². The Morgan fingerprint density at radius 2 is 1.86 bits per heavy atom. The molecule has 28 heavy (non-hydrogen) atoms. The first-order valence-corrected chi connectivity index (χ1v) is 8.44. The number of benzene rings is 1. The van der Waals surface area contributed by atoms with E-state index in [4.69, 9.17) is 0 Å². The van der Waals surface area contributed by atoms with E-state index < -0.39 is 22.3 Å². The molecule has 0 saturated heterocycles. The molecule has 0 atom stereocenters. The van der Waals surface area contributed by atoms with Crippen LogP contribution in [-0.2, 0) is 0 Å². The quantitative estimate of drug-likeness (QED) is 0.387. The van der Waals surface area contributed by atoms with Crippen LogP contribution < -0.4 is 16.2 Å². The maximum atomic E-state index is 13.7. The van der Waals surface area contributed by atoms with Crippen LogP contribution in [0.1, 0.15) is 10.4 Å². The average molecular weight is 448 g/mol. The lowest BCUT2D eigenvalue weighted by molar-refractivity contribution is -0.383. The number of rotatable bonds is 6. The minimum atomic E-state index is -0.824. The van der Waals surface area contributed by atoms with Gasteiger partial charge in [0.15, 0.2) is 0 Å². The Labute approximate surface area is 165 Å². The summed E-state index contributed by atoms with van der Waals surface area (Å²) in [6.45, 7) is 0. The van der Waals surface area contributed by atoms with Gasteiger partial charge in [0.1, 0.15) is 18.0 Å². The van der Waals surface area contributed by atoms with Crippen LogP contribution in [0.3, 0.4) is 0 Å². The number of hydrogen-bond acceptors (Lipinski definition) is 8. The van der Waals surface area contributed by atoms with Gasteiger partial charge in [-0.25, -0.2) is 19.3 Å². The molecule has 0 radical (unpaired) electrons. The first-order chi connectivity index (χ1) is 13.5. The number of nitrogens with one attached hydrogen (secondary N) is 3. The standard InChI is InChI=1S/C16H11BrFN7O3/c17-9-5-6-12(19-7-9)22-14-13(25(27)28)15(21-8-20-14)23-24-16(26)10-3-1-2-4-11(10)18/h1-8H,(H,24,26)(H2,19,20,21,22,23). The maximum Gasteiger partial charge on any atom is 0.355 e. The Kier molecular flexibility index (Phi) is 5.69. The van der Waals surface area contributed by atoms with Crippen LogP contribution in [0.15, 0.2) is 53.4 Å². The fraction of sp³-hybridized carbons (Fsp3) is 0. The SMILES string of the molecule is O=C(NNc1ncnc(Nc2ccc(Br)cn2)c1[N+](=O)[O-])c1ccccc1F. The third-order valence-corrected chi connectivity index (χ3v) is 3.86. The van der Waals surface area contributed by atoms with Crippen LogP contribution in [0.4, 0.5) is 27.5 Å². The summed E-state index contributed by atoms with van der Waals surface area (Å²) >= 11 is 3.24. The molecule has 1 aromatic carbocycles. The fourth-order valence-corrected chi connectivity index (χ4v) is 2.37. The number of aromatic nitrogens is 3. The van der Waals surface area contributed by atoms with E-state index in [1.54, 1.807) is 12.1 Å². The van der Waals surface area contributed by atoms with Gasteiger partial charge < -0.3 is 5.32 Å². The Balaban J connectivity index is 1.83. The molecule has 0 aliphatic carbocycles. The Hall–Kier alpha value is -3.67. The zero-order valence-electron chi connectivity index (χ0n) is 13.9. The Morgan fingerprint density at radius 1 is 1.11 bits per heavy atom. The topological polar surface area (TPSA) is 135 Å². The third kappa shape index (κ3) is 4.35. The summed E-state index contributed by atoms with van der Waals surface area (Å²) in [6.07, 6.45) is 2.56. The number of carbonyl (C=O) groups is 1. The molecule has 2 aromatic heterocycles. The van der Waals surface area contributed by atoms with Gasteiger partial charge >= 0.3 is 5.69 Å². The summed E-state index contributed by atoms with van der Waals surface area (Å²) in [6, 6.07) is 8.59. The minimum Gasteiger partial charge on any atom is -0.319 e. The molecule has 0 fully saturated rings. The summed E-state index contributed by atoms with van der Waals surface area (Å²) in [5.74, 6) is -1.68. The highest BCUT2D eigenvalue weighted by molar-refractivity contribution is 9.10. The Bertz CT molecular complexity index is 1030. The van der Waals surface area contributed by atoms with Gasteiger partial charge in [-0.15, -0.1) is 0 Å². The molecule has 142 valence electrons. The molecule has 2 heterocycles. The van der Waals surface area contributed by atoms with Gasteiger partial charge in [0.2, 0.25) is 11.6 Å². The van der Waals surface area contributed by atoms with Gasteiger partial charge in [-0.3, -0.25) is 25.8 Å². The molecule has 3 N–H and O–H groups in total. The summed E-state index contributed by atoms with van der Waals surface area (Å²) in [7, 11) is 0. The molecular formula is C16H11BrFN7O3. The van der Waals surface area contributed by atoms with Crippen LogP contribution in [0.25, 0.3) is 0 Å².